The molecule has 3 heteroatoms. The number of aryl methyl sites for hydroxylation is 1. The lowest BCUT2D eigenvalue weighted by Gasteiger charge is -2.20. The zero-order valence-electron chi connectivity index (χ0n) is 16.8. The van der Waals surface area contributed by atoms with E-state index in [0.29, 0.717) is 5.92 Å². The number of aromatic nitrogens is 2. The van der Waals surface area contributed by atoms with Gasteiger partial charge in [0.15, 0.2) is 0 Å². The molecule has 138 valence electrons. The summed E-state index contributed by atoms with van der Waals surface area (Å²) >= 11 is 1.88. The van der Waals surface area contributed by atoms with Gasteiger partial charge in [0, 0.05) is 29.2 Å². The van der Waals surface area contributed by atoms with Crippen molar-refractivity contribution in [2.75, 3.05) is 0 Å². The Balaban J connectivity index is 1.82. The number of hydrogen-bond donors (Lipinski definition) is 0. The quantitative estimate of drug-likeness (QED) is 0.506. The molecular weight excluding hydrogens is 336 g/mol. The van der Waals surface area contributed by atoms with Crippen LogP contribution in [0.5, 0.6) is 0 Å². The Morgan fingerprint density at radius 1 is 1.15 bits per heavy atom. The molecule has 0 N–H and O–H groups in total. The highest BCUT2D eigenvalue weighted by Crippen LogP contribution is 2.30. The zero-order chi connectivity index (χ0) is 18.9. The monoisotopic (exact) mass is 366 g/mol. The van der Waals surface area contributed by atoms with Crippen molar-refractivity contribution < 1.29 is 0 Å². The van der Waals surface area contributed by atoms with Crippen molar-refractivity contribution in [1.29, 1.82) is 0 Å². The van der Waals surface area contributed by atoms with Crippen LogP contribution in [0.4, 0.5) is 0 Å². The molecule has 0 aliphatic heterocycles. The normalized spacial score (nSPS) is 12.1. The second kappa shape index (κ2) is 7.40. The first-order chi connectivity index (χ1) is 12.2. The molecule has 0 radical (unpaired) electrons. The van der Waals surface area contributed by atoms with Gasteiger partial charge in [-0.25, -0.2) is 4.98 Å². The van der Waals surface area contributed by atoms with Crippen molar-refractivity contribution in [1.82, 2.24) is 9.55 Å². The van der Waals surface area contributed by atoms with Crippen LogP contribution >= 0.6 is 11.3 Å². The number of benzene rings is 1. The lowest BCUT2D eigenvalue weighted by molar-refractivity contribution is 0.511. The van der Waals surface area contributed by atoms with Crippen LogP contribution in [0.25, 0.3) is 11.1 Å². The van der Waals surface area contributed by atoms with E-state index >= 15 is 0 Å². The van der Waals surface area contributed by atoms with Gasteiger partial charge in [-0.1, -0.05) is 52.8 Å². The summed E-state index contributed by atoms with van der Waals surface area (Å²) in [6, 6.07) is 9.22. The van der Waals surface area contributed by atoms with E-state index in [-0.39, 0.29) is 5.41 Å². The standard InChI is InChI=1S/C23H30N2S/c1-16(2)11-20-13-19(15-26-20)21-8-7-18(12-17(21)3)14-25-10-9-24-22(25)23(4,5)6/h7-10,12-13,15-16H,11,14H2,1-6H3. The molecule has 0 saturated heterocycles. The highest BCUT2D eigenvalue weighted by molar-refractivity contribution is 7.10. The SMILES string of the molecule is Cc1cc(Cn2ccnc2C(C)(C)C)ccc1-c1csc(CC(C)C)c1. The van der Waals surface area contributed by atoms with E-state index in [9.17, 15) is 0 Å². The number of hydrogen-bond acceptors (Lipinski definition) is 2. The third kappa shape index (κ3) is 4.27. The van der Waals surface area contributed by atoms with E-state index in [0.717, 1.165) is 18.8 Å². The fraction of sp³-hybridized carbons (Fsp3) is 0.435. The molecule has 0 fully saturated rings. The minimum absolute atomic E-state index is 0.0575. The van der Waals surface area contributed by atoms with Crippen molar-refractivity contribution in [2.24, 2.45) is 5.92 Å². The molecule has 3 aromatic rings. The molecular formula is C23H30N2S. The van der Waals surface area contributed by atoms with Crippen LogP contribution in [0.1, 0.15) is 56.4 Å². The molecule has 26 heavy (non-hydrogen) atoms. The summed E-state index contributed by atoms with van der Waals surface area (Å²) < 4.78 is 2.26. The van der Waals surface area contributed by atoms with Crippen LogP contribution < -0.4 is 0 Å². The summed E-state index contributed by atoms with van der Waals surface area (Å²) in [5, 5.41) is 2.30. The van der Waals surface area contributed by atoms with E-state index < -0.39 is 0 Å². The van der Waals surface area contributed by atoms with Gasteiger partial charge >= 0.3 is 0 Å². The molecule has 0 amide bonds. The van der Waals surface area contributed by atoms with Crippen LogP contribution in [0.3, 0.4) is 0 Å². The van der Waals surface area contributed by atoms with Gasteiger partial charge < -0.3 is 4.57 Å². The second-order valence-corrected chi connectivity index (χ2v) is 9.67. The highest BCUT2D eigenvalue weighted by Gasteiger charge is 2.19. The fourth-order valence-electron chi connectivity index (χ4n) is 3.46. The Labute approximate surface area is 161 Å². The summed E-state index contributed by atoms with van der Waals surface area (Å²) in [5.74, 6) is 1.84. The molecule has 3 rings (SSSR count). The minimum atomic E-state index is 0.0575. The van der Waals surface area contributed by atoms with Crippen LogP contribution in [-0.2, 0) is 18.4 Å². The highest BCUT2D eigenvalue weighted by atomic mass is 32.1. The maximum absolute atomic E-state index is 4.56. The fourth-order valence-corrected chi connectivity index (χ4v) is 4.56. The Morgan fingerprint density at radius 2 is 1.92 bits per heavy atom. The van der Waals surface area contributed by atoms with Crippen molar-refractivity contribution in [3.8, 4) is 11.1 Å². The average Bonchev–Trinajstić information content (AvgIpc) is 3.16. The number of nitrogens with zero attached hydrogens (tertiary/aromatic N) is 2. The van der Waals surface area contributed by atoms with E-state index in [1.165, 1.54) is 27.1 Å². The molecule has 0 atom stereocenters. The molecule has 0 spiro atoms. The maximum atomic E-state index is 4.56. The van der Waals surface area contributed by atoms with Gasteiger partial charge in [0.1, 0.15) is 5.82 Å². The van der Waals surface area contributed by atoms with Crippen LogP contribution in [0.15, 0.2) is 42.0 Å². The van der Waals surface area contributed by atoms with Gasteiger partial charge in [0.2, 0.25) is 0 Å². The van der Waals surface area contributed by atoms with Crippen LogP contribution in [0.2, 0.25) is 0 Å². The predicted octanol–water partition coefficient (Wildman–Crippen LogP) is 6.46. The van der Waals surface area contributed by atoms with Gasteiger partial charge in [0.05, 0.1) is 0 Å². The van der Waals surface area contributed by atoms with Crippen molar-refractivity contribution in [3.05, 3.63) is 63.9 Å². The minimum Gasteiger partial charge on any atom is -0.330 e. The van der Waals surface area contributed by atoms with E-state index in [1.54, 1.807) is 0 Å². The number of thiophene rings is 1. The van der Waals surface area contributed by atoms with Gasteiger partial charge in [-0.15, -0.1) is 11.3 Å². The second-order valence-electron chi connectivity index (χ2n) is 8.68. The average molecular weight is 367 g/mol. The first-order valence-electron chi connectivity index (χ1n) is 9.43. The summed E-state index contributed by atoms with van der Waals surface area (Å²) in [6.07, 6.45) is 5.16. The zero-order valence-corrected chi connectivity index (χ0v) is 17.7. The Morgan fingerprint density at radius 3 is 2.58 bits per heavy atom. The molecule has 2 nitrogen and oxygen atoms in total. The number of rotatable bonds is 5. The third-order valence-electron chi connectivity index (χ3n) is 4.60. The molecule has 0 aliphatic carbocycles. The largest absolute Gasteiger partial charge is 0.330 e. The molecule has 0 saturated carbocycles. The number of imidazole rings is 1. The molecule has 0 aliphatic rings. The van der Waals surface area contributed by atoms with Crippen molar-refractivity contribution >= 4 is 11.3 Å². The summed E-state index contributed by atoms with van der Waals surface area (Å²) in [4.78, 5) is 6.04. The molecule has 2 aromatic heterocycles. The molecule has 1 aromatic carbocycles. The summed E-state index contributed by atoms with van der Waals surface area (Å²) in [5.41, 5.74) is 5.43. The summed E-state index contributed by atoms with van der Waals surface area (Å²) in [7, 11) is 0. The Bertz CT molecular complexity index is 878. The summed E-state index contributed by atoms with van der Waals surface area (Å²) in [6.45, 7) is 14.3. The van der Waals surface area contributed by atoms with Gasteiger partial charge in [0.25, 0.3) is 0 Å². The smallest absolute Gasteiger partial charge is 0.114 e. The van der Waals surface area contributed by atoms with Gasteiger partial charge in [-0.05, 0) is 53.0 Å². The first kappa shape index (κ1) is 18.9. The lowest BCUT2D eigenvalue weighted by Crippen LogP contribution is -2.19. The van der Waals surface area contributed by atoms with Crippen LogP contribution in [-0.4, -0.2) is 9.55 Å². The van der Waals surface area contributed by atoms with Gasteiger partial charge in [-0.2, -0.15) is 0 Å². The Hall–Kier alpha value is -1.87. The van der Waals surface area contributed by atoms with Crippen molar-refractivity contribution in [2.45, 2.75) is 59.9 Å². The topological polar surface area (TPSA) is 17.8 Å². The Kier molecular flexibility index (Phi) is 5.38. The molecule has 0 bridgehead atoms. The van der Waals surface area contributed by atoms with Crippen molar-refractivity contribution in [3.63, 3.8) is 0 Å². The molecule has 0 unspecified atom stereocenters. The van der Waals surface area contributed by atoms with E-state index in [2.05, 4.69) is 86.9 Å². The predicted molar refractivity (Wildman–Crippen MR) is 113 cm³/mol. The molecule has 2 heterocycles. The van der Waals surface area contributed by atoms with E-state index in [1.807, 2.05) is 17.5 Å². The first-order valence-corrected chi connectivity index (χ1v) is 10.3. The van der Waals surface area contributed by atoms with E-state index in [4.69, 9.17) is 0 Å². The lowest BCUT2D eigenvalue weighted by atomic mass is 9.95. The van der Waals surface area contributed by atoms with Gasteiger partial charge in [-0.3, -0.25) is 0 Å². The van der Waals surface area contributed by atoms with Crippen LogP contribution in [0, 0.1) is 12.8 Å². The maximum Gasteiger partial charge on any atom is 0.114 e. The third-order valence-corrected chi connectivity index (χ3v) is 5.56.